The number of likely N-dealkylation sites (tertiary alicyclic amines) is 1. The molecule has 34 heavy (non-hydrogen) atoms. The molecule has 1 N–H and O–H groups in total. The first-order chi connectivity index (χ1) is 16.3. The SMILES string of the molecule is CCCOc1ccc(C2/C(=C(/O)c3ccc(OCC)c(C(C)C)c3)C(=O)C(=O)N2CCC)cc1. The van der Waals surface area contributed by atoms with E-state index in [1.54, 1.807) is 11.0 Å². The number of carbonyl (C=O) groups excluding carboxylic acids is 2. The molecule has 1 fully saturated rings. The summed E-state index contributed by atoms with van der Waals surface area (Å²) in [6, 6.07) is 12.1. The first-order valence-corrected chi connectivity index (χ1v) is 12.1. The summed E-state index contributed by atoms with van der Waals surface area (Å²) in [6.07, 6.45) is 1.60. The van der Waals surface area contributed by atoms with E-state index in [0.29, 0.717) is 31.7 Å². The zero-order chi connectivity index (χ0) is 24.8. The molecule has 2 aromatic carbocycles. The number of rotatable bonds is 10. The van der Waals surface area contributed by atoms with Gasteiger partial charge >= 0.3 is 0 Å². The first-order valence-electron chi connectivity index (χ1n) is 12.1. The van der Waals surface area contributed by atoms with Crippen molar-refractivity contribution < 1.29 is 24.2 Å². The molecule has 6 heteroatoms. The molecule has 1 aliphatic rings. The van der Waals surface area contributed by atoms with E-state index in [-0.39, 0.29) is 17.3 Å². The Hall–Kier alpha value is -3.28. The van der Waals surface area contributed by atoms with E-state index in [9.17, 15) is 14.7 Å². The van der Waals surface area contributed by atoms with Gasteiger partial charge in [0, 0.05) is 12.1 Å². The number of ether oxygens (including phenoxy) is 2. The summed E-state index contributed by atoms with van der Waals surface area (Å²) in [5.41, 5.74) is 2.30. The Morgan fingerprint density at radius 3 is 2.29 bits per heavy atom. The second-order valence-electron chi connectivity index (χ2n) is 8.75. The van der Waals surface area contributed by atoms with E-state index in [2.05, 4.69) is 0 Å². The molecule has 0 aromatic heterocycles. The largest absolute Gasteiger partial charge is 0.507 e. The zero-order valence-corrected chi connectivity index (χ0v) is 20.8. The van der Waals surface area contributed by atoms with Crippen LogP contribution in [0.1, 0.15) is 76.1 Å². The van der Waals surface area contributed by atoms with Crippen molar-refractivity contribution in [2.45, 2.75) is 59.4 Å². The maximum Gasteiger partial charge on any atom is 0.295 e. The quantitative estimate of drug-likeness (QED) is 0.271. The lowest BCUT2D eigenvalue weighted by Crippen LogP contribution is -2.30. The zero-order valence-electron chi connectivity index (χ0n) is 20.8. The number of ketones is 1. The summed E-state index contributed by atoms with van der Waals surface area (Å²) in [5.74, 6) is 0.212. The Labute approximate surface area is 202 Å². The summed E-state index contributed by atoms with van der Waals surface area (Å²) in [7, 11) is 0. The number of nitrogens with zero attached hydrogens (tertiary/aromatic N) is 1. The summed E-state index contributed by atoms with van der Waals surface area (Å²) < 4.78 is 11.4. The van der Waals surface area contributed by atoms with Crippen molar-refractivity contribution in [2.75, 3.05) is 19.8 Å². The van der Waals surface area contributed by atoms with E-state index < -0.39 is 17.7 Å². The molecule has 1 unspecified atom stereocenters. The third-order valence-corrected chi connectivity index (χ3v) is 5.88. The lowest BCUT2D eigenvalue weighted by Gasteiger charge is -2.25. The van der Waals surface area contributed by atoms with E-state index in [4.69, 9.17) is 9.47 Å². The van der Waals surface area contributed by atoms with Crippen molar-refractivity contribution >= 4 is 17.4 Å². The molecular formula is C28H35NO5. The second kappa shape index (κ2) is 11.2. The minimum Gasteiger partial charge on any atom is -0.507 e. The molecular weight excluding hydrogens is 430 g/mol. The number of aliphatic hydroxyl groups excluding tert-OH is 1. The second-order valence-corrected chi connectivity index (χ2v) is 8.75. The number of benzene rings is 2. The van der Waals surface area contributed by atoms with Gasteiger partial charge < -0.3 is 19.5 Å². The van der Waals surface area contributed by atoms with Gasteiger partial charge in [-0.05, 0) is 67.1 Å². The first kappa shape index (κ1) is 25.3. The van der Waals surface area contributed by atoms with Crippen LogP contribution in [0.3, 0.4) is 0 Å². The molecule has 1 saturated heterocycles. The van der Waals surface area contributed by atoms with Crippen molar-refractivity contribution in [3.05, 3.63) is 64.7 Å². The topological polar surface area (TPSA) is 76.1 Å². The molecule has 2 aromatic rings. The van der Waals surface area contributed by atoms with Crippen molar-refractivity contribution in [1.82, 2.24) is 4.90 Å². The number of Topliss-reactive ketones (excluding diaryl/α,β-unsaturated/α-hetero) is 1. The third-order valence-electron chi connectivity index (χ3n) is 5.88. The summed E-state index contributed by atoms with van der Waals surface area (Å²) in [4.78, 5) is 27.6. The monoisotopic (exact) mass is 465 g/mol. The molecule has 182 valence electrons. The van der Waals surface area contributed by atoms with E-state index in [0.717, 1.165) is 29.0 Å². The van der Waals surface area contributed by atoms with Crippen molar-refractivity contribution in [3.63, 3.8) is 0 Å². The summed E-state index contributed by atoms with van der Waals surface area (Å²) in [6.45, 7) is 11.6. The number of hydrogen-bond donors (Lipinski definition) is 1. The van der Waals surface area contributed by atoms with Crippen molar-refractivity contribution in [1.29, 1.82) is 0 Å². The van der Waals surface area contributed by atoms with Crippen LogP contribution in [0.4, 0.5) is 0 Å². The standard InChI is InChI=1S/C28H35NO5/c1-6-15-29-25(19-9-12-21(13-10-19)34-16-7-2)24(27(31)28(29)32)26(30)20-11-14-23(33-8-3)22(17-20)18(4)5/h9-14,17-18,25,30H,6-8,15-16H2,1-5H3/b26-24-. The molecule has 0 saturated carbocycles. The smallest absolute Gasteiger partial charge is 0.295 e. The molecule has 1 heterocycles. The Balaban J connectivity index is 2.11. The highest BCUT2D eigenvalue weighted by Gasteiger charge is 2.45. The van der Waals surface area contributed by atoms with Crippen LogP contribution in [0.2, 0.25) is 0 Å². The van der Waals surface area contributed by atoms with E-state index >= 15 is 0 Å². The van der Waals surface area contributed by atoms with Crippen LogP contribution >= 0.6 is 0 Å². The van der Waals surface area contributed by atoms with Gasteiger partial charge in [-0.2, -0.15) is 0 Å². The molecule has 0 radical (unpaired) electrons. The Morgan fingerprint density at radius 2 is 1.71 bits per heavy atom. The number of aliphatic hydroxyl groups is 1. The molecule has 1 aliphatic heterocycles. The van der Waals surface area contributed by atoms with Crippen LogP contribution in [0.5, 0.6) is 11.5 Å². The molecule has 3 rings (SSSR count). The van der Waals surface area contributed by atoms with Gasteiger partial charge in [0.25, 0.3) is 11.7 Å². The predicted octanol–water partition coefficient (Wildman–Crippen LogP) is 5.83. The maximum atomic E-state index is 13.1. The number of carbonyl (C=O) groups is 2. The van der Waals surface area contributed by atoms with Gasteiger partial charge in [-0.1, -0.05) is 39.8 Å². The molecule has 0 spiro atoms. The van der Waals surface area contributed by atoms with Gasteiger partial charge in [-0.3, -0.25) is 9.59 Å². The number of hydrogen-bond acceptors (Lipinski definition) is 5. The highest BCUT2D eigenvalue weighted by atomic mass is 16.5. The third kappa shape index (κ3) is 5.11. The van der Waals surface area contributed by atoms with Gasteiger partial charge in [0.05, 0.1) is 24.8 Å². The fraction of sp³-hybridized carbons (Fsp3) is 0.429. The molecule has 0 bridgehead atoms. The molecule has 1 amide bonds. The van der Waals surface area contributed by atoms with Crippen LogP contribution in [-0.2, 0) is 9.59 Å². The van der Waals surface area contributed by atoms with Crippen LogP contribution < -0.4 is 9.47 Å². The molecule has 6 nitrogen and oxygen atoms in total. The Kier molecular flexibility index (Phi) is 8.37. The van der Waals surface area contributed by atoms with Gasteiger partial charge in [0.15, 0.2) is 0 Å². The van der Waals surface area contributed by atoms with Gasteiger partial charge in [0.2, 0.25) is 0 Å². The minimum atomic E-state index is -0.665. The van der Waals surface area contributed by atoms with Gasteiger partial charge in [-0.25, -0.2) is 0 Å². The van der Waals surface area contributed by atoms with E-state index in [1.165, 1.54) is 0 Å². The average Bonchev–Trinajstić information content (AvgIpc) is 3.08. The predicted molar refractivity (Wildman–Crippen MR) is 133 cm³/mol. The fourth-order valence-electron chi connectivity index (χ4n) is 4.25. The summed E-state index contributed by atoms with van der Waals surface area (Å²) in [5, 5.41) is 11.3. The Morgan fingerprint density at radius 1 is 1.00 bits per heavy atom. The lowest BCUT2D eigenvalue weighted by molar-refractivity contribution is -0.139. The van der Waals surface area contributed by atoms with Gasteiger partial charge in [-0.15, -0.1) is 0 Å². The van der Waals surface area contributed by atoms with Crippen molar-refractivity contribution in [2.24, 2.45) is 0 Å². The minimum absolute atomic E-state index is 0.111. The fourth-order valence-corrected chi connectivity index (χ4v) is 4.25. The van der Waals surface area contributed by atoms with Crippen LogP contribution in [0, 0.1) is 0 Å². The highest BCUT2D eigenvalue weighted by Crippen LogP contribution is 2.40. The van der Waals surface area contributed by atoms with Crippen LogP contribution in [-0.4, -0.2) is 41.5 Å². The van der Waals surface area contributed by atoms with E-state index in [1.807, 2.05) is 71.0 Å². The normalized spacial score (nSPS) is 17.5. The van der Waals surface area contributed by atoms with Gasteiger partial charge in [0.1, 0.15) is 17.3 Å². The van der Waals surface area contributed by atoms with Crippen LogP contribution in [0.25, 0.3) is 5.76 Å². The van der Waals surface area contributed by atoms with Crippen LogP contribution in [0.15, 0.2) is 48.0 Å². The molecule has 1 atom stereocenters. The highest BCUT2D eigenvalue weighted by molar-refractivity contribution is 6.46. The maximum absolute atomic E-state index is 13.1. The molecule has 0 aliphatic carbocycles. The Bertz CT molecular complexity index is 1050. The van der Waals surface area contributed by atoms with Crippen molar-refractivity contribution in [3.8, 4) is 11.5 Å². The number of amides is 1. The summed E-state index contributed by atoms with van der Waals surface area (Å²) >= 11 is 0. The average molecular weight is 466 g/mol. The lowest BCUT2D eigenvalue weighted by atomic mass is 9.93.